The number of carbonyl (C=O) groups excluding carboxylic acids is 1. The highest BCUT2D eigenvalue weighted by Crippen LogP contribution is 2.18. The van der Waals surface area contributed by atoms with Gasteiger partial charge in [-0.25, -0.2) is 9.78 Å². The fourth-order valence-corrected chi connectivity index (χ4v) is 3.63. The number of amides is 2. The summed E-state index contributed by atoms with van der Waals surface area (Å²) < 4.78 is 2.21. The fourth-order valence-electron chi connectivity index (χ4n) is 3.63. The minimum Gasteiger partial charge on any atom is -0.336 e. The summed E-state index contributed by atoms with van der Waals surface area (Å²) in [6, 6.07) is 26.2. The van der Waals surface area contributed by atoms with Gasteiger partial charge in [0.2, 0.25) is 0 Å². The Morgan fingerprint density at radius 3 is 2.47 bits per heavy atom. The summed E-state index contributed by atoms with van der Waals surface area (Å²) in [5.41, 5.74) is 5.25. The number of rotatable bonds is 7. The van der Waals surface area contributed by atoms with Crippen LogP contribution in [0, 0.1) is 6.92 Å². The molecule has 0 spiro atoms. The van der Waals surface area contributed by atoms with Crippen LogP contribution in [-0.4, -0.2) is 22.1 Å². The first kappa shape index (κ1) is 19.7. The van der Waals surface area contributed by atoms with Crippen molar-refractivity contribution < 1.29 is 4.79 Å². The van der Waals surface area contributed by atoms with Crippen molar-refractivity contribution in [1.82, 2.24) is 14.9 Å². The number of benzene rings is 3. The Labute approximate surface area is 176 Å². The molecule has 152 valence electrons. The SMILES string of the molecule is Cc1ccccc1NC(=O)NCCn1c(CCc2ccccc2)nc2ccccc21. The molecule has 0 aliphatic carbocycles. The molecule has 0 saturated heterocycles. The van der Waals surface area contributed by atoms with Crippen LogP contribution in [0.1, 0.15) is 17.0 Å². The summed E-state index contributed by atoms with van der Waals surface area (Å²) in [6.07, 6.45) is 1.79. The van der Waals surface area contributed by atoms with Crippen LogP contribution in [0.5, 0.6) is 0 Å². The monoisotopic (exact) mass is 398 g/mol. The molecule has 30 heavy (non-hydrogen) atoms. The van der Waals surface area contributed by atoms with Gasteiger partial charge < -0.3 is 15.2 Å². The Morgan fingerprint density at radius 2 is 1.63 bits per heavy atom. The molecule has 0 fully saturated rings. The Kier molecular flexibility index (Phi) is 6.09. The lowest BCUT2D eigenvalue weighted by atomic mass is 10.1. The van der Waals surface area contributed by atoms with Crippen LogP contribution in [0.3, 0.4) is 0 Å². The number of para-hydroxylation sites is 3. The van der Waals surface area contributed by atoms with Gasteiger partial charge >= 0.3 is 6.03 Å². The number of nitrogens with one attached hydrogen (secondary N) is 2. The van der Waals surface area contributed by atoms with Gasteiger partial charge in [0.05, 0.1) is 11.0 Å². The van der Waals surface area contributed by atoms with E-state index in [0.29, 0.717) is 13.1 Å². The van der Waals surface area contributed by atoms with Crippen LogP contribution in [-0.2, 0) is 19.4 Å². The minimum atomic E-state index is -0.195. The quantitative estimate of drug-likeness (QED) is 0.463. The molecular formula is C25H26N4O. The van der Waals surface area contributed by atoms with Crippen LogP contribution in [0.25, 0.3) is 11.0 Å². The van der Waals surface area contributed by atoms with Gasteiger partial charge in [0.15, 0.2) is 0 Å². The fraction of sp³-hybridized carbons (Fsp3) is 0.200. The van der Waals surface area contributed by atoms with Crippen LogP contribution >= 0.6 is 0 Å². The molecule has 0 atom stereocenters. The highest BCUT2D eigenvalue weighted by atomic mass is 16.2. The maximum absolute atomic E-state index is 12.3. The first-order chi connectivity index (χ1) is 14.7. The van der Waals surface area contributed by atoms with E-state index in [1.165, 1.54) is 5.56 Å². The lowest BCUT2D eigenvalue weighted by Gasteiger charge is -2.12. The Bertz CT molecular complexity index is 1130. The molecule has 3 aromatic carbocycles. The second-order valence-corrected chi connectivity index (χ2v) is 7.35. The number of anilines is 1. The van der Waals surface area contributed by atoms with E-state index in [0.717, 1.165) is 41.0 Å². The smallest absolute Gasteiger partial charge is 0.319 e. The van der Waals surface area contributed by atoms with E-state index in [2.05, 4.69) is 45.5 Å². The third-order valence-corrected chi connectivity index (χ3v) is 5.23. The maximum atomic E-state index is 12.3. The molecule has 5 heteroatoms. The molecule has 1 aromatic heterocycles. The number of hydrogen-bond acceptors (Lipinski definition) is 2. The Balaban J connectivity index is 1.42. The Morgan fingerprint density at radius 1 is 0.900 bits per heavy atom. The summed E-state index contributed by atoms with van der Waals surface area (Å²) in [5.74, 6) is 1.04. The minimum absolute atomic E-state index is 0.195. The molecule has 1 heterocycles. The number of carbonyl (C=O) groups is 1. The number of hydrogen-bond donors (Lipinski definition) is 2. The molecule has 2 amide bonds. The molecule has 0 saturated carbocycles. The van der Waals surface area contributed by atoms with E-state index in [-0.39, 0.29) is 6.03 Å². The van der Waals surface area contributed by atoms with Crippen LogP contribution in [0.15, 0.2) is 78.9 Å². The summed E-state index contributed by atoms with van der Waals surface area (Å²) in [4.78, 5) is 17.1. The van der Waals surface area contributed by atoms with Gasteiger partial charge in [0, 0.05) is 25.2 Å². The van der Waals surface area contributed by atoms with Gasteiger partial charge in [0.25, 0.3) is 0 Å². The number of aryl methyl sites for hydroxylation is 3. The zero-order valence-corrected chi connectivity index (χ0v) is 17.1. The summed E-state index contributed by atoms with van der Waals surface area (Å²) in [5, 5.41) is 5.88. The van der Waals surface area contributed by atoms with Crippen molar-refractivity contribution in [1.29, 1.82) is 0 Å². The van der Waals surface area contributed by atoms with Crippen molar-refractivity contribution in [2.45, 2.75) is 26.3 Å². The van der Waals surface area contributed by atoms with E-state index < -0.39 is 0 Å². The van der Waals surface area contributed by atoms with E-state index in [4.69, 9.17) is 4.98 Å². The topological polar surface area (TPSA) is 59.0 Å². The summed E-state index contributed by atoms with van der Waals surface area (Å²) >= 11 is 0. The van der Waals surface area contributed by atoms with Crippen molar-refractivity contribution >= 4 is 22.8 Å². The zero-order chi connectivity index (χ0) is 20.8. The second-order valence-electron chi connectivity index (χ2n) is 7.35. The van der Waals surface area contributed by atoms with Gasteiger partial charge in [-0.05, 0) is 42.7 Å². The number of urea groups is 1. The van der Waals surface area contributed by atoms with Crippen molar-refractivity contribution in [3.63, 3.8) is 0 Å². The molecule has 0 radical (unpaired) electrons. The summed E-state index contributed by atoms with van der Waals surface area (Å²) in [6.45, 7) is 3.18. The van der Waals surface area contributed by atoms with Crippen molar-refractivity contribution in [2.24, 2.45) is 0 Å². The largest absolute Gasteiger partial charge is 0.336 e. The average Bonchev–Trinajstić information content (AvgIpc) is 3.12. The van der Waals surface area contributed by atoms with Crippen LogP contribution in [0.4, 0.5) is 10.5 Å². The molecule has 5 nitrogen and oxygen atoms in total. The Hall–Kier alpha value is -3.60. The van der Waals surface area contributed by atoms with Crippen LogP contribution in [0.2, 0.25) is 0 Å². The lowest BCUT2D eigenvalue weighted by Crippen LogP contribution is -2.32. The molecule has 0 bridgehead atoms. The van der Waals surface area contributed by atoms with Crippen LogP contribution < -0.4 is 10.6 Å². The van der Waals surface area contributed by atoms with E-state index in [1.54, 1.807) is 0 Å². The van der Waals surface area contributed by atoms with E-state index in [9.17, 15) is 4.79 Å². The molecular weight excluding hydrogens is 372 g/mol. The number of nitrogens with zero attached hydrogens (tertiary/aromatic N) is 2. The number of imidazole rings is 1. The predicted octanol–water partition coefficient (Wildman–Crippen LogP) is 4.95. The predicted molar refractivity (Wildman–Crippen MR) is 122 cm³/mol. The van der Waals surface area contributed by atoms with Crippen molar-refractivity contribution in [3.8, 4) is 0 Å². The molecule has 4 aromatic rings. The van der Waals surface area contributed by atoms with E-state index >= 15 is 0 Å². The van der Waals surface area contributed by atoms with Gasteiger partial charge in [-0.1, -0.05) is 60.7 Å². The van der Waals surface area contributed by atoms with Gasteiger partial charge in [-0.3, -0.25) is 0 Å². The average molecular weight is 399 g/mol. The van der Waals surface area contributed by atoms with Gasteiger partial charge in [0.1, 0.15) is 5.82 Å². The molecule has 4 rings (SSSR count). The van der Waals surface area contributed by atoms with E-state index in [1.807, 2.05) is 55.5 Å². The highest BCUT2D eigenvalue weighted by molar-refractivity contribution is 5.90. The standard InChI is InChI=1S/C25H26N4O/c1-19-9-5-6-12-21(19)28-25(30)26-17-18-29-23-14-8-7-13-22(23)27-24(29)16-15-20-10-3-2-4-11-20/h2-14H,15-18H2,1H3,(H2,26,28,30). The normalized spacial score (nSPS) is 10.8. The highest BCUT2D eigenvalue weighted by Gasteiger charge is 2.11. The second kappa shape index (κ2) is 9.27. The number of aromatic nitrogens is 2. The number of fused-ring (bicyclic) bond motifs is 1. The molecule has 2 N–H and O–H groups in total. The molecule has 0 unspecified atom stereocenters. The first-order valence-electron chi connectivity index (χ1n) is 10.3. The van der Waals surface area contributed by atoms with Gasteiger partial charge in [-0.2, -0.15) is 0 Å². The third kappa shape index (κ3) is 4.69. The van der Waals surface area contributed by atoms with Crippen molar-refractivity contribution in [3.05, 3.63) is 95.8 Å². The summed E-state index contributed by atoms with van der Waals surface area (Å²) in [7, 11) is 0. The molecule has 0 aliphatic heterocycles. The lowest BCUT2D eigenvalue weighted by molar-refractivity contribution is 0.251. The first-order valence-corrected chi connectivity index (χ1v) is 10.3. The maximum Gasteiger partial charge on any atom is 0.319 e. The third-order valence-electron chi connectivity index (χ3n) is 5.23. The molecule has 0 aliphatic rings. The van der Waals surface area contributed by atoms with Crippen molar-refractivity contribution in [2.75, 3.05) is 11.9 Å². The van der Waals surface area contributed by atoms with Gasteiger partial charge in [-0.15, -0.1) is 0 Å². The zero-order valence-electron chi connectivity index (χ0n) is 17.1.